The van der Waals surface area contributed by atoms with Crippen molar-refractivity contribution in [3.8, 4) is 5.75 Å². The fourth-order valence-electron chi connectivity index (χ4n) is 2.25. The zero-order valence-electron chi connectivity index (χ0n) is 11.8. The number of ether oxygens (including phenoxy) is 1. The minimum atomic E-state index is -0.224. The quantitative estimate of drug-likeness (QED) is 0.770. The first kappa shape index (κ1) is 15.8. The number of benzene rings is 2. The highest BCUT2D eigenvalue weighted by molar-refractivity contribution is 6.32. The summed E-state index contributed by atoms with van der Waals surface area (Å²) in [4.78, 5) is 0. The first-order chi connectivity index (χ1) is 10.2. The molecule has 2 rings (SSSR count). The summed E-state index contributed by atoms with van der Waals surface area (Å²) in [6, 6.07) is 14.0. The molecule has 2 aromatic carbocycles. The van der Waals surface area contributed by atoms with Crippen LogP contribution >= 0.6 is 11.6 Å². The lowest BCUT2D eigenvalue weighted by molar-refractivity contribution is 0.302. The van der Waals surface area contributed by atoms with Crippen LogP contribution in [0.2, 0.25) is 5.02 Å². The van der Waals surface area contributed by atoms with E-state index in [1.165, 1.54) is 6.07 Å². The maximum atomic E-state index is 13.2. The van der Waals surface area contributed by atoms with E-state index in [9.17, 15) is 4.39 Å². The molecule has 1 unspecified atom stereocenters. The zero-order chi connectivity index (χ0) is 15.1. The lowest BCUT2D eigenvalue weighted by Gasteiger charge is -2.15. The van der Waals surface area contributed by atoms with E-state index >= 15 is 0 Å². The Balaban J connectivity index is 1.83. The predicted molar refractivity (Wildman–Crippen MR) is 84.4 cm³/mol. The average Bonchev–Trinajstić information content (AvgIpc) is 2.49. The second-order valence-electron chi connectivity index (χ2n) is 4.91. The third kappa shape index (κ3) is 4.73. The van der Waals surface area contributed by atoms with E-state index < -0.39 is 0 Å². The molecule has 0 bridgehead atoms. The van der Waals surface area contributed by atoms with E-state index in [1.54, 1.807) is 18.2 Å². The normalized spacial score (nSPS) is 12.1. The summed E-state index contributed by atoms with van der Waals surface area (Å²) in [5, 5.41) is 0.609. The topological polar surface area (TPSA) is 35.2 Å². The minimum absolute atomic E-state index is 0.149. The molecule has 0 radical (unpaired) electrons. The summed E-state index contributed by atoms with van der Waals surface area (Å²) in [6.07, 6.45) is 1.69. The molecule has 2 aromatic rings. The van der Waals surface area contributed by atoms with Crippen LogP contribution in [0.3, 0.4) is 0 Å². The standard InChI is InChI=1S/C17H19ClFNO/c18-16-8-1-2-9-17(16)21-10-4-6-14(12-20)13-5-3-7-15(19)11-13/h1-3,5,7-9,11,14H,4,6,10,12,20H2. The van der Waals surface area contributed by atoms with Crippen molar-refractivity contribution in [2.45, 2.75) is 18.8 Å². The third-order valence-electron chi connectivity index (χ3n) is 3.40. The van der Waals surface area contributed by atoms with Crippen LogP contribution in [-0.4, -0.2) is 13.2 Å². The molecule has 1 atom stereocenters. The highest BCUT2D eigenvalue weighted by atomic mass is 35.5. The Morgan fingerprint density at radius 1 is 1.14 bits per heavy atom. The lowest BCUT2D eigenvalue weighted by atomic mass is 9.94. The van der Waals surface area contributed by atoms with Gasteiger partial charge in [0.25, 0.3) is 0 Å². The molecule has 2 nitrogen and oxygen atoms in total. The summed E-state index contributed by atoms with van der Waals surface area (Å²) in [6.45, 7) is 1.06. The largest absolute Gasteiger partial charge is 0.492 e. The molecule has 4 heteroatoms. The summed E-state index contributed by atoms with van der Waals surface area (Å²) in [5.74, 6) is 0.614. The van der Waals surface area contributed by atoms with Crippen molar-refractivity contribution in [2.24, 2.45) is 5.73 Å². The van der Waals surface area contributed by atoms with Crippen molar-refractivity contribution in [1.82, 2.24) is 0 Å². The van der Waals surface area contributed by atoms with Gasteiger partial charge in [0.2, 0.25) is 0 Å². The number of rotatable bonds is 7. The van der Waals surface area contributed by atoms with Gasteiger partial charge in [-0.3, -0.25) is 0 Å². The number of nitrogens with two attached hydrogens (primary N) is 1. The molecule has 0 saturated carbocycles. The lowest BCUT2D eigenvalue weighted by Crippen LogP contribution is -2.14. The number of para-hydroxylation sites is 1. The molecule has 0 aliphatic rings. The molecular formula is C17H19ClFNO. The van der Waals surface area contributed by atoms with Crippen molar-refractivity contribution in [3.63, 3.8) is 0 Å². The fourth-order valence-corrected chi connectivity index (χ4v) is 2.45. The average molecular weight is 308 g/mol. The maximum Gasteiger partial charge on any atom is 0.137 e. The Kier molecular flexibility index (Phi) is 6.03. The van der Waals surface area contributed by atoms with E-state index in [1.807, 2.05) is 24.3 Å². The van der Waals surface area contributed by atoms with Gasteiger partial charge in [-0.1, -0.05) is 35.9 Å². The highest BCUT2D eigenvalue weighted by Gasteiger charge is 2.10. The van der Waals surface area contributed by atoms with Crippen LogP contribution < -0.4 is 10.5 Å². The molecule has 0 aliphatic carbocycles. The predicted octanol–water partition coefficient (Wildman–Crippen LogP) is 4.38. The Morgan fingerprint density at radius 2 is 1.95 bits per heavy atom. The minimum Gasteiger partial charge on any atom is -0.492 e. The van der Waals surface area contributed by atoms with Crippen LogP contribution in [0.4, 0.5) is 4.39 Å². The monoisotopic (exact) mass is 307 g/mol. The van der Waals surface area contributed by atoms with Crippen LogP contribution in [0.15, 0.2) is 48.5 Å². The smallest absolute Gasteiger partial charge is 0.137 e. The van der Waals surface area contributed by atoms with Gasteiger partial charge < -0.3 is 10.5 Å². The first-order valence-electron chi connectivity index (χ1n) is 7.03. The molecule has 0 fully saturated rings. The Morgan fingerprint density at radius 3 is 2.67 bits per heavy atom. The van der Waals surface area contributed by atoms with E-state index in [0.717, 1.165) is 18.4 Å². The van der Waals surface area contributed by atoms with Gasteiger partial charge in [0.1, 0.15) is 11.6 Å². The zero-order valence-corrected chi connectivity index (χ0v) is 12.5. The Hall–Kier alpha value is -1.58. The second-order valence-corrected chi connectivity index (χ2v) is 5.32. The molecule has 0 spiro atoms. The van der Waals surface area contributed by atoms with Gasteiger partial charge in [-0.15, -0.1) is 0 Å². The maximum absolute atomic E-state index is 13.2. The molecule has 21 heavy (non-hydrogen) atoms. The molecule has 0 aromatic heterocycles. The Labute approximate surface area is 129 Å². The second kappa shape index (κ2) is 8.01. The van der Waals surface area contributed by atoms with Gasteiger partial charge in [-0.2, -0.15) is 0 Å². The van der Waals surface area contributed by atoms with Crippen LogP contribution in [-0.2, 0) is 0 Å². The van der Waals surface area contributed by atoms with Crippen LogP contribution in [0.25, 0.3) is 0 Å². The summed E-state index contributed by atoms with van der Waals surface area (Å²) < 4.78 is 18.9. The summed E-state index contributed by atoms with van der Waals surface area (Å²) in [5.41, 5.74) is 6.73. The van der Waals surface area contributed by atoms with Gasteiger partial charge in [-0.05, 0) is 55.1 Å². The van der Waals surface area contributed by atoms with Gasteiger partial charge in [0.15, 0.2) is 0 Å². The van der Waals surface area contributed by atoms with Crippen LogP contribution in [0.5, 0.6) is 5.75 Å². The number of hydrogen-bond acceptors (Lipinski definition) is 2. The molecule has 0 amide bonds. The van der Waals surface area contributed by atoms with Crippen molar-refractivity contribution in [1.29, 1.82) is 0 Å². The molecule has 112 valence electrons. The first-order valence-corrected chi connectivity index (χ1v) is 7.41. The van der Waals surface area contributed by atoms with Gasteiger partial charge in [0, 0.05) is 0 Å². The SMILES string of the molecule is NCC(CCCOc1ccccc1Cl)c1cccc(F)c1. The number of hydrogen-bond donors (Lipinski definition) is 1. The molecule has 0 saturated heterocycles. The van der Waals surface area contributed by atoms with E-state index in [4.69, 9.17) is 22.1 Å². The van der Waals surface area contributed by atoms with Crippen LogP contribution in [0, 0.1) is 5.82 Å². The van der Waals surface area contributed by atoms with E-state index in [0.29, 0.717) is 23.9 Å². The molecular weight excluding hydrogens is 289 g/mol. The molecule has 2 N–H and O–H groups in total. The fraction of sp³-hybridized carbons (Fsp3) is 0.294. The number of halogens is 2. The molecule has 0 heterocycles. The van der Waals surface area contributed by atoms with Crippen LogP contribution in [0.1, 0.15) is 24.3 Å². The van der Waals surface area contributed by atoms with E-state index in [2.05, 4.69) is 0 Å². The van der Waals surface area contributed by atoms with Crippen molar-refractivity contribution in [3.05, 3.63) is 64.9 Å². The van der Waals surface area contributed by atoms with Gasteiger partial charge in [-0.25, -0.2) is 4.39 Å². The Bertz CT molecular complexity index is 576. The van der Waals surface area contributed by atoms with Crippen molar-refractivity contribution in [2.75, 3.05) is 13.2 Å². The van der Waals surface area contributed by atoms with E-state index in [-0.39, 0.29) is 11.7 Å². The van der Waals surface area contributed by atoms with Crippen molar-refractivity contribution < 1.29 is 9.13 Å². The van der Waals surface area contributed by atoms with Gasteiger partial charge in [0.05, 0.1) is 11.6 Å². The highest BCUT2D eigenvalue weighted by Crippen LogP contribution is 2.24. The third-order valence-corrected chi connectivity index (χ3v) is 3.71. The van der Waals surface area contributed by atoms with Gasteiger partial charge >= 0.3 is 0 Å². The summed E-state index contributed by atoms with van der Waals surface area (Å²) >= 11 is 6.02. The molecule has 0 aliphatic heterocycles. The summed E-state index contributed by atoms with van der Waals surface area (Å²) in [7, 11) is 0. The van der Waals surface area contributed by atoms with Crippen molar-refractivity contribution >= 4 is 11.6 Å².